The van der Waals surface area contributed by atoms with E-state index in [-0.39, 0.29) is 0 Å². The predicted octanol–water partition coefficient (Wildman–Crippen LogP) is 2.78. The summed E-state index contributed by atoms with van der Waals surface area (Å²) in [5.41, 5.74) is 0. The molecule has 1 heterocycles. The van der Waals surface area contributed by atoms with E-state index in [2.05, 4.69) is 61.2 Å². The molecule has 5 heteroatoms. The molecule has 0 aromatic rings. The van der Waals surface area contributed by atoms with Gasteiger partial charge in [0.1, 0.15) is 16.5 Å². The van der Waals surface area contributed by atoms with Crippen LogP contribution >= 0.6 is 0 Å². The van der Waals surface area contributed by atoms with Gasteiger partial charge in [-0.15, -0.1) is 0 Å². The summed E-state index contributed by atoms with van der Waals surface area (Å²) in [6.07, 6.45) is 0. The summed E-state index contributed by atoms with van der Waals surface area (Å²) in [5, 5.41) is 0. The molecule has 1 fully saturated rings. The van der Waals surface area contributed by atoms with Crippen LogP contribution in [0.2, 0.25) is 45.8 Å². The topological polar surface area (TPSA) is 6.48 Å². The van der Waals surface area contributed by atoms with Crippen molar-refractivity contribution >= 4 is 25.6 Å². The summed E-state index contributed by atoms with van der Waals surface area (Å²) in [5.74, 6) is 0. The van der Waals surface area contributed by atoms with E-state index in [0.717, 1.165) is 6.04 Å². The van der Waals surface area contributed by atoms with Gasteiger partial charge in [0.05, 0.1) is 0 Å². The first-order valence-corrected chi connectivity index (χ1v) is 14.7. The van der Waals surface area contributed by atoms with Crippen molar-refractivity contribution in [3.8, 4) is 0 Å². The average molecular weight is 260 g/mol. The van der Waals surface area contributed by atoms with E-state index in [9.17, 15) is 0 Å². The van der Waals surface area contributed by atoms with Gasteiger partial charge < -0.3 is 8.46 Å². The van der Waals surface area contributed by atoms with Crippen molar-refractivity contribution < 1.29 is 0 Å². The first-order chi connectivity index (χ1) is 6.55. The minimum absolute atomic E-state index is 0.407. The molecule has 0 aliphatic carbocycles. The van der Waals surface area contributed by atoms with Gasteiger partial charge in [0.2, 0.25) is 9.12 Å². The standard InChI is InChI=1S/C10H27N2Si3/c1-10-9-11(14(3,4)5)13(2)12(10)15(6,7)8/h10H,9H2,1-8H3. The van der Waals surface area contributed by atoms with Gasteiger partial charge >= 0.3 is 0 Å². The van der Waals surface area contributed by atoms with Crippen LogP contribution in [0.1, 0.15) is 6.92 Å². The van der Waals surface area contributed by atoms with Crippen molar-refractivity contribution in [1.29, 1.82) is 0 Å². The number of hydrogen-bond acceptors (Lipinski definition) is 2. The minimum Gasteiger partial charge on any atom is -0.333 e. The molecule has 1 unspecified atom stereocenters. The fourth-order valence-corrected chi connectivity index (χ4v) is 15.3. The zero-order valence-corrected chi connectivity index (χ0v) is 14.7. The summed E-state index contributed by atoms with van der Waals surface area (Å²) in [6.45, 7) is 21.2. The number of nitrogens with zero attached hydrogens (tertiary/aromatic N) is 2. The van der Waals surface area contributed by atoms with Crippen LogP contribution in [0.15, 0.2) is 0 Å². The van der Waals surface area contributed by atoms with Gasteiger partial charge in [-0.05, 0) is 13.5 Å². The molecule has 1 aliphatic rings. The lowest BCUT2D eigenvalue weighted by molar-refractivity contribution is 0.511. The molecule has 1 rings (SSSR count). The SMILES string of the molecule is CC1CN([Si](C)(C)C)[Si](C)N1[Si](C)(C)C. The van der Waals surface area contributed by atoms with E-state index >= 15 is 0 Å². The number of hydrogen-bond donors (Lipinski definition) is 0. The normalized spacial score (nSPS) is 27.6. The van der Waals surface area contributed by atoms with Crippen molar-refractivity contribution in [2.45, 2.75) is 58.8 Å². The van der Waals surface area contributed by atoms with Gasteiger partial charge in [0.15, 0.2) is 0 Å². The third-order valence-corrected chi connectivity index (χ3v) is 14.9. The molecule has 1 atom stereocenters. The van der Waals surface area contributed by atoms with Crippen LogP contribution in [-0.4, -0.2) is 46.6 Å². The molecule has 0 aromatic carbocycles. The fraction of sp³-hybridized carbons (Fsp3) is 1.00. The smallest absolute Gasteiger partial charge is 0.212 e. The average Bonchev–Trinajstić information content (AvgIpc) is 2.22. The molecule has 0 spiro atoms. The second kappa shape index (κ2) is 4.10. The molecule has 1 aliphatic heterocycles. The van der Waals surface area contributed by atoms with Gasteiger partial charge in [-0.3, -0.25) is 0 Å². The first kappa shape index (κ1) is 13.6. The largest absolute Gasteiger partial charge is 0.333 e. The summed E-state index contributed by atoms with van der Waals surface area (Å²) in [4.78, 5) is 0. The first-order valence-electron chi connectivity index (χ1n) is 5.95. The van der Waals surface area contributed by atoms with Gasteiger partial charge in [0.25, 0.3) is 0 Å². The highest BCUT2D eigenvalue weighted by Crippen LogP contribution is 2.28. The Kier molecular flexibility index (Phi) is 3.73. The van der Waals surface area contributed by atoms with E-state index < -0.39 is 25.6 Å². The summed E-state index contributed by atoms with van der Waals surface area (Å²) in [6, 6.07) is 0.794. The van der Waals surface area contributed by atoms with Crippen LogP contribution in [-0.2, 0) is 0 Å². The maximum absolute atomic E-state index is 2.90. The van der Waals surface area contributed by atoms with Crippen LogP contribution in [0.4, 0.5) is 0 Å². The quantitative estimate of drug-likeness (QED) is 0.704. The van der Waals surface area contributed by atoms with Gasteiger partial charge in [0, 0.05) is 12.6 Å². The number of rotatable bonds is 2. The highest BCUT2D eigenvalue weighted by molar-refractivity contribution is 6.88. The van der Waals surface area contributed by atoms with Gasteiger partial charge in [-0.2, -0.15) is 0 Å². The lowest BCUT2D eigenvalue weighted by Crippen LogP contribution is -2.59. The molecule has 0 saturated carbocycles. The van der Waals surface area contributed by atoms with Crippen molar-refractivity contribution in [3.05, 3.63) is 0 Å². The van der Waals surface area contributed by atoms with Crippen molar-refractivity contribution in [2.24, 2.45) is 0 Å². The second-order valence-electron chi connectivity index (χ2n) is 6.72. The van der Waals surface area contributed by atoms with E-state index in [1.165, 1.54) is 6.54 Å². The maximum Gasteiger partial charge on any atom is 0.212 e. The molecule has 2 nitrogen and oxygen atoms in total. The maximum atomic E-state index is 2.90. The fourth-order valence-electron chi connectivity index (χ4n) is 2.83. The lowest BCUT2D eigenvalue weighted by Gasteiger charge is -2.39. The Hall–Kier alpha value is 0.571. The lowest BCUT2D eigenvalue weighted by atomic mass is 10.4. The molecular formula is C10H27N2Si3. The van der Waals surface area contributed by atoms with Crippen molar-refractivity contribution in [2.75, 3.05) is 6.54 Å². The Morgan fingerprint density at radius 3 is 1.67 bits per heavy atom. The Morgan fingerprint density at radius 1 is 1.00 bits per heavy atom. The zero-order valence-electron chi connectivity index (χ0n) is 11.7. The predicted molar refractivity (Wildman–Crippen MR) is 76.3 cm³/mol. The third-order valence-electron chi connectivity index (χ3n) is 3.16. The summed E-state index contributed by atoms with van der Waals surface area (Å²) >= 11 is 0. The molecule has 0 aromatic heterocycles. The molecule has 1 saturated heterocycles. The highest BCUT2D eigenvalue weighted by atomic mass is 28.4. The van der Waals surface area contributed by atoms with E-state index in [4.69, 9.17) is 0 Å². The summed E-state index contributed by atoms with van der Waals surface area (Å²) < 4.78 is 5.77. The Morgan fingerprint density at radius 2 is 1.47 bits per heavy atom. The van der Waals surface area contributed by atoms with E-state index in [1.54, 1.807) is 0 Å². The van der Waals surface area contributed by atoms with Crippen LogP contribution in [0.5, 0.6) is 0 Å². The van der Waals surface area contributed by atoms with Crippen LogP contribution in [0, 0.1) is 0 Å². The second-order valence-corrected chi connectivity index (χ2v) is 19.4. The molecule has 0 N–H and O–H groups in total. The minimum atomic E-state index is -1.11. The van der Waals surface area contributed by atoms with Crippen LogP contribution in [0.3, 0.4) is 0 Å². The van der Waals surface area contributed by atoms with Crippen LogP contribution < -0.4 is 0 Å². The molecule has 15 heavy (non-hydrogen) atoms. The molecule has 89 valence electrons. The van der Waals surface area contributed by atoms with Gasteiger partial charge in [-0.1, -0.05) is 39.3 Å². The Balaban J connectivity index is 2.89. The Labute approximate surface area is 99.6 Å². The van der Waals surface area contributed by atoms with E-state index in [1.807, 2.05) is 0 Å². The molecular weight excluding hydrogens is 232 g/mol. The molecule has 1 radical (unpaired) electrons. The highest BCUT2D eigenvalue weighted by Gasteiger charge is 2.46. The van der Waals surface area contributed by atoms with Crippen molar-refractivity contribution in [3.63, 3.8) is 0 Å². The van der Waals surface area contributed by atoms with Gasteiger partial charge in [-0.25, -0.2) is 0 Å². The Bertz CT molecular complexity index is 232. The summed E-state index contributed by atoms with van der Waals surface area (Å²) in [7, 11) is -2.61. The van der Waals surface area contributed by atoms with Crippen LogP contribution in [0.25, 0.3) is 0 Å². The van der Waals surface area contributed by atoms with E-state index in [0.29, 0.717) is 0 Å². The van der Waals surface area contributed by atoms with Crippen molar-refractivity contribution in [1.82, 2.24) is 8.46 Å². The zero-order chi connectivity index (χ0) is 12.0. The monoisotopic (exact) mass is 259 g/mol. The third kappa shape index (κ3) is 2.82. The molecule has 0 bridgehead atoms. The molecule has 0 amide bonds.